The third kappa shape index (κ3) is 3.94. The van der Waals surface area contributed by atoms with Crippen molar-refractivity contribution in [3.63, 3.8) is 0 Å². The summed E-state index contributed by atoms with van der Waals surface area (Å²) in [6, 6.07) is 10.1. The van der Waals surface area contributed by atoms with Crippen molar-refractivity contribution in [1.29, 1.82) is 0 Å². The van der Waals surface area contributed by atoms with E-state index in [-0.39, 0.29) is 4.90 Å². The summed E-state index contributed by atoms with van der Waals surface area (Å²) in [6.07, 6.45) is 0. The van der Waals surface area contributed by atoms with Crippen molar-refractivity contribution >= 4 is 42.4 Å². The number of hydrogen-bond acceptors (Lipinski definition) is 6. The summed E-state index contributed by atoms with van der Waals surface area (Å²) in [7, 11) is -3.85. The van der Waals surface area contributed by atoms with Gasteiger partial charge in [0.1, 0.15) is 11.6 Å². The zero-order chi connectivity index (χ0) is 18.0. The molecule has 0 saturated heterocycles. The van der Waals surface area contributed by atoms with E-state index in [1.807, 2.05) is 25.1 Å². The van der Waals surface area contributed by atoms with Crippen LogP contribution in [-0.2, 0) is 14.6 Å². The molecule has 0 saturated carbocycles. The second-order valence-corrected chi connectivity index (χ2v) is 8.35. The SMILES string of the molecule is Cc1cccc2sc(NNC(=O)CS(=O)(=O)c3ccc(F)cc3)nc12. The van der Waals surface area contributed by atoms with Gasteiger partial charge in [0.25, 0.3) is 5.91 Å². The highest BCUT2D eigenvalue weighted by molar-refractivity contribution is 7.92. The van der Waals surface area contributed by atoms with E-state index in [4.69, 9.17) is 0 Å². The van der Waals surface area contributed by atoms with E-state index in [0.29, 0.717) is 5.13 Å². The number of amides is 1. The predicted molar refractivity (Wildman–Crippen MR) is 94.6 cm³/mol. The first kappa shape index (κ1) is 17.3. The van der Waals surface area contributed by atoms with Gasteiger partial charge in [0.05, 0.1) is 15.1 Å². The third-order valence-corrected chi connectivity index (χ3v) is 5.99. The van der Waals surface area contributed by atoms with Crippen LogP contribution in [0.3, 0.4) is 0 Å². The standard InChI is InChI=1S/C16H14FN3O3S2/c1-10-3-2-4-13-15(10)18-16(24-13)20-19-14(21)9-25(22,23)12-7-5-11(17)6-8-12/h2-8H,9H2,1H3,(H,18,20)(H,19,21). The van der Waals surface area contributed by atoms with Crippen LogP contribution < -0.4 is 10.9 Å². The summed E-state index contributed by atoms with van der Waals surface area (Å²) in [5.41, 5.74) is 6.78. The first-order valence-corrected chi connectivity index (χ1v) is 9.71. The molecule has 0 aliphatic rings. The summed E-state index contributed by atoms with van der Waals surface area (Å²) in [4.78, 5) is 16.1. The number of nitrogens with zero attached hydrogens (tertiary/aromatic N) is 1. The van der Waals surface area contributed by atoms with Crippen LogP contribution in [0.25, 0.3) is 10.2 Å². The molecule has 0 aliphatic carbocycles. The average molecular weight is 379 g/mol. The van der Waals surface area contributed by atoms with Crippen molar-refractivity contribution in [2.75, 3.05) is 11.2 Å². The summed E-state index contributed by atoms with van der Waals surface area (Å²) in [5, 5.41) is 0.455. The van der Waals surface area contributed by atoms with Gasteiger partial charge in [-0.1, -0.05) is 23.5 Å². The normalized spacial score (nSPS) is 11.4. The van der Waals surface area contributed by atoms with E-state index < -0.39 is 27.3 Å². The Morgan fingerprint density at radius 2 is 1.92 bits per heavy atom. The molecule has 3 rings (SSSR count). The number of rotatable bonds is 5. The second-order valence-electron chi connectivity index (χ2n) is 5.33. The smallest absolute Gasteiger partial charge is 0.253 e. The highest BCUT2D eigenvalue weighted by Gasteiger charge is 2.19. The minimum atomic E-state index is -3.85. The summed E-state index contributed by atoms with van der Waals surface area (Å²) < 4.78 is 38.1. The average Bonchev–Trinajstić information content (AvgIpc) is 2.97. The maximum absolute atomic E-state index is 12.9. The van der Waals surface area contributed by atoms with Gasteiger partial charge < -0.3 is 0 Å². The Balaban J connectivity index is 1.65. The molecule has 2 N–H and O–H groups in total. The number of hydrogen-bond donors (Lipinski definition) is 2. The number of anilines is 1. The van der Waals surface area contributed by atoms with Crippen molar-refractivity contribution in [2.24, 2.45) is 0 Å². The lowest BCUT2D eigenvalue weighted by molar-refractivity contribution is -0.118. The van der Waals surface area contributed by atoms with Gasteiger partial charge in [0, 0.05) is 0 Å². The Labute approximate surface area is 147 Å². The number of carbonyl (C=O) groups is 1. The Morgan fingerprint density at radius 3 is 2.60 bits per heavy atom. The molecule has 0 spiro atoms. The fourth-order valence-corrected chi connectivity index (χ4v) is 4.23. The van der Waals surface area contributed by atoms with Crippen LogP contribution in [0.2, 0.25) is 0 Å². The molecule has 9 heteroatoms. The molecule has 6 nitrogen and oxygen atoms in total. The monoisotopic (exact) mass is 379 g/mol. The van der Waals surface area contributed by atoms with Crippen molar-refractivity contribution in [2.45, 2.75) is 11.8 Å². The molecule has 0 unspecified atom stereocenters. The summed E-state index contributed by atoms with van der Waals surface area (Å²) in [6.45, 7) is 1.93. The molecule has 3 aromatic rings. The fraction of sp³-hybridized carbons (Fsp3) is 0.125. The topological polar surface area (TPSA) is 88.2 Å². The maximum atomic E-state index is 12.9. The Hall–Kier alpha value is -2.52. The molecule has 130 valence electrons. The highest BCUT2D eigenvalue weighted by atomic mass is 32.2. The molecule has 0 aliphatic heterocycles. The van der Waals surface area contributed by atoms with Gasteiger partial charge in [-0.3, -0.25) is 15.6 Å². The second kappa shape index (κ2) is 6.77. The number of nitrogens with one attached hydrogen (secondary N) is 2. The summed E-state index contributed by atoms with van der Waals surface area (Å²) >= 11 is 1.34. The van der Waals surface area contributed by atoms with Gasteiger partial charge in [0.15, 0.2) is 9.84 Å². The molecule has 1 amide bonds. The van der Waals surface area contributed by atoms with E-state index in [2.05, 4.69) is 15.8 Å². The number of aryl methyl sites for hydroxylation is 1. The van der Waals surface area contributed by atoms with E-state index in [0.717, 1.165) is 40.0 Å². The largest absolute Gasteiger partial charge is 0.273 e. The van der Waals surface area contributed by atoms with E-state index in [1.165, 1.54) is 11.3 Å². The van der Waals surface area contributed by atoms with Crippen molar-refractivity contribution in [1.82, 2.24) is 10.4 Å². The molecular formula is C16H14FN3O3S2. The van der Waals surface area contributed by atoms with Gasteiger partial charge in [-0.05, 0) is 42.8 Å². The number of benzene rings is 2. The zero-order valence-corrected chi connectivity index (χ0v) is 14.7. The zero-order valence-electron chi connectivity index (χ0n) is 13.1. The Kier molecular flexibility index (Phi) is 4.69. The van der Waals surface area contributed by atoms with Crippen LogP contribution >= 0.6 is 11.3 Å². The van der Waals surface area contributed by atoms with E-state index in [9.17, 15) is 17.6 Å². The number of thiazole rings is 1. The van der Waals surface area contributed by atoms with Crippen LogP contribution in [0.1, 0.15) is 5.56 Å². The maximum Gasteiger partial charge on any atom is 0.253 e. The Bertz CT molecular complexity index is 1030. The van der Waals surface area contributed by atoms with Crippen molar-refractivity contribution in [3.05, 3.63) is 53.8 Å². The summed E-state index contributed by atoms with van der Waals surface area (Å²) in [5.74, 6) is -2.04. The first-order valence-electron chi connectivity index (χ1n) is 7.24. The minimum absolute atomic E-state index is 0.111. The number of aromatic nitrogens is 1. The van der Waals surface area contributed by atoms with E-state index in [1.54, 1.807) is 0 Å². The molecule has 0 fully saturated rings. The van der Waals surface area contributed by atoms with Gasteiger partial charge >= 0.3 is 0 Å². The number of carbonyl (C=O) groups excluding carboxylic acids is 1. The van der Waals surface area contributed by atoms with Crippen LogP contribution in [0, 0.1) is 12.7 Å². The fourth-order valence-electron chi connectivity index (χ4n) is 2.20. The van der Waals surface area contributed by atoms with Crippen LogP contribution in [-0.4, -0.2) is 25.1 Å². The number of halogens is 1. The molecule has 1 aromatic heterocycles. The quantitative estimate of drug-likeness (QED) is 0.526. The number of para-hydroxylation sites is 1. The molecule has 0 radical (unpaired) electrons. The lowest BCUT2D eigenvalue weighted by Crippen LogP contribution is -2.34. The minimum Gasteiger partial charge on any atom is -0.273 e. The van der Waals surface area contributed by atoms with Gasteiger partial charge in [-0.2, -0.15) is 0 Å². The Morgan fingerprint density at radius 1 is 1.20 bits per heavy atom. The first-order chi connectivity index (χ1) is 11.8. The number of hydrazine groups is 1. The molecule has 25 heavy (non-hydrogen) atoms. The molecule has 0 bridgehead atoms. The number of sulfone groups is 1. The highest BCUT2D eigenvalue weighted by Crippen LogP contribution is 2.27. The molecular weight excluding hydrogens is 365 g/mol. The predicted octanol–water partition coefficient (Wildman–Crippen LogP) is 2.66. The van der Waals surface area contributed by atoms with Crippen LogP contribution in [0.4, 0.5) is 9.52 Å². The lowest BCUT2D eigenvalue weighted by atomic mass is 10.2. The van der Waals surface area contributed by atoms with Crippen molar-refractivity contribution in [3.8, 4) is 0 Å². The van der Waals surface area contributed by atoms with Crippen LogP contribution in [0.15, 0.2) is 47.4 Å². The van der Waals surface area contributed by atoms with Gasteiger partial charge in [-0.25, -0.2) is 17.8 Å². The number of fused-ring (bicyclic) bond motifs is 1. The molecule has 1 heterocycles. The van der Waals surface area contributed by atoms with Gasteiger partial charge in [-0.15, -0.1) is 0 Å². The molecule has 0 atom stereocenters. The lowest BCUT2D eigenvalue weighted by Gasteiger charge is -2.06. The third-order valence-electron chi connectivity index (χ3n) is 3.42. The van der Waals surface area contributed by atoms with Crippen molar-refractivity contribution < 1.29 is 17.6 Å². The van der Waals surface area contributed by atoms with Crippen LogP contribution in [0.5, 0.6) is 0 Å². The molecule has 2 aromatic carbocycles. The van der Waals surface area contributed by atoms with Gasteiger partial charge in [0.2, 0.25) is 5.13 Å². The van der Waals surface area contributed by atoms with E-state index >= 15 is 0 Å².